The Kier molecular flexibility index (Phi) is 5.92. The first-order chi connectivity index (χ1) is 15.3. The molecule has 0 radical (unpaired) electrons. The maximum atomic E-state index is 13.3. The molecule has 0 bridgehead atoms. The van der Waals surface area contributed by atoms with Crippen LogP contribution in [-0.2, 0) is 15.0 Å². The first-order valence-electron chi connectivity index (χ1n) is 10.3. The van der Waals surface area contributed by atoms with E-state index in [1.807, 2.05) is 43.3 Å². The minimum atomic E-state index is -3.99. The zero-order chi connectivity index (χ0) is 22.9. The third kappa shape index (κ3) is 4.20. The molecule has 168 valence electrons. The number of allylic oxidation sites excluding steroid dienone is 1. The lowest BCUT2D eigenvalue weighted by atomic mass is 10.1. The topological polar surface area (TPSA) is 82.5 Å². The number of amides is 1. The number of carbonyl (C=O) groups is 1. The number of piperazine rings is 1. The highest BCUT2D eigenvalue weighted by atomic mass is 32.2. The first kappa shape index (κ1) is 21.9. The summed E-state index contributed by atoms with van der Waals surface area (Å²) in [4.78, 5) is 17.1. The quantitative estimate of drug-likeness (QED) is 0.708. The molecule has 0 saturated carbocycles. The number of methoxy groups -OCH3 is 1. The van der Waals surface area contributed by atoms with Crippen LogP contribution in [0.5, 0.6) is 5.75 Å². The largest absolute Gasteiger partial charge is 0.495 e. The van der Waals surface area contributed by atoms with Crippen LogP contribution in [0, 0.1) is 6.92 Å². The van der Waals surface area contributed by atoms with E-state index in [0.717, 1.165) is 21.3 Å². The Morgan fingerprint density at radius 3 is 2.31 bits per heavy atom. The fraction of sp³-hybridized carbons (Fsp3) is 0.304. The number of hydrogen-bond acceptors (Lipinski definition) is 5. The molecule has 2 aromatic carbocycles. The van der Waals surface area contributed by atoms with E-state index in [4.69, 9.17) is 4.74 Å². The molecule has 1 saturated heterocycles. The lowest BCUT2D eigenvalue weighted by Crippen LogP contribution is -2.51. The zero-order valence-electron chi connectivity index (χ0n) is 18.4. The minimum Gasteiger partial charge on any atom is -0.495 e. The Balaban J connectivity index is 1.54. The number of rotatable bonds is 4. The van der Waals surface area contributed by atoms with E-state index < -0.39 is 10.2 Å². The first-order valence-corrected chi connectivity index (χ1v) is 11.7. The fourth-order valence-electron chi connectivity index (χ4n) is 3.82. The van der Waals surface area contributed by atoms with Gasteiger partial charge in [-0.3, -0.25) is 4.79 Å². The smallest absolute Gasteiger partial charge is 0.345 e. The van der Waals surface area contributed by atoms with Crippen LogP contribution in [0.15, 0.2) is 64.7 Å². The van der Waals surface area contributed by atoms with Gasteiger partial charge in [-0.1, -0.05) is 42.0 Å². The van der Waals surface area contributed by atoms with Crippen molar-refractivity contribution in [1.82, 2.24) is 9.21 Å². The van der Waals surface area contributed by atoms with Gasteiger partial charge in [-0.15, -0.1) is 4.40 Å². The van der Waals surface area contributed by atoms with Crippen LogP contribution in [0.1, 0.15) is 11.1 Å². The molecule has 0 aliphatic carbocycles. The van der Waals surface area contributed by atoms with Gasteiger partial charge >= 0.3 is 10.2 Å². The summed E-state index contributed by atoms with van der Waals surface area (Å²) in [5, 5.41) is 0. The van der Waals surface area contributed by atoms with Crippen LogP contribution in [0.2, 0.25) is 0 Å². The summed E-state index contributed by atoms with van der Waals surface area (Å²) in [6, 6.07) is 15.1. The summed E-state index contributed by atoms with van der Waals surface area (Å²) in [5.74, 6) is 0.460. The highest BCUT2D eigenvalue weighted by molar-refractivity contribution is 7.88. The Bertz CT molecular complexity index is 1180. The van der Waals surface area contributed by atoms with Crippen molar-refractivity contribution in [2.24, 2.45) is 4.40 Å². The van der Waals surface area contributed by atoms with Crippen LogP contribution in [0.3, 0.4) is 0 Å². The summed E-state index contributed by atoms with van der Waals surface area (Å²) < 4.78 is 35.6. The monoisotopic (exact) mass is 454 g/mol. The van der Waals surface area contributed by atoms with E-state index in [1.54, 1.807) is 30.2 Å². The van der Waals surface area contributed by atoms with Gasteiger partial charge in [-0.2, -0.15) is 8.42 Å². The van der Waals surface area contributed by atoms with E-state index in [9.17, 15) is 13.2 Å². The average molecular weight is 455 g/mol. The van der Waals surface area contributed by atoms with Gasteiger partial charge in [0.15, 0.2) is 0 Å². The minimum absolute atomic E-state index is 0.0984. The maximum absolute atomic E-state index is 13.3. The third-order valence-electron chi connectivity index (χ3n) is 5.73. The SMILES string of the molecule is COc1ccccc1N1CCN(C(=O)C2=CC(c3ccc(C)cc3)=NS(=O)(=O)N2C)CC1. The van der Waals surface area contributed by atoms with Crippen molar-refractivity contribution >= 4 is 27.5 Å². The number of nitrogens with zero attached hydrogens (tertiary/aromatic N) is 4. The molecule has 2 aliphatic rings. The molecular weight excluding hydrogens is 428 g/mol. The number of carbonyl (C=O) groups excluding carboxylic acids is 1. The molecule has 1 fully saturated rings. The normalized spacial score (nSPS) is 18.2. The van der Waals surface area contributed by atoms with Gasteiger partial charge in [0.2, 0.25) is 0 Å². The molecule has 32 heavy (non-hydrogen) atoms. The lowest BCUT2D eigenvalue weighted by molar-refractivity contribution is -0.128. The van der Waals surface area contributed by atoms with Gasteiger partial charge in [-0.25, -0.2) is 4.31 Å². The van der Waals surface area contributed by atoms with E-state index in [2.05, 4.69) is 9.30 Å². The Hall–Kier alpha value is -3.33. The van der Waals surface area contributed by atoms with Crippen molar-refractivity contribution in [3.8, 4) is 5.75 Å². The molecule has 2 aliphatic heterocycles. The van der Waals surface area contributed by atoms with Crippen molar-refractivity contribution in [1.29, 1.82) is 0 Å². The highest BCUT2D eigenvalue weighted by Crippen LogP contribution is 2.29. The Morgan fingerprint density at radius 1 is 1.00 bits per heavy atom. The van der Waals surface area contributed by atoms with Crippen molar-refractivity contribution in [2.45, 2.75) is 6.92 Å². The van der Waals surface area contributed by atoms with Gasteiger partial charge in [0.1, 0.15) is 11.4 Å². The number of para-hydroxylation sites is 2. The summed E-state index contributed by atoms with van der Waals surface area (Å²) in [6.07, 6.45) is 1.56. The molecule has 0 spiro atoms. The number of anilines is 1. The molecule has 4 rings (SSSR count). The van der Waals surface area contributed by atoms with Gasteiger partial charge < -0.3 is 14.5 Å². The Labute approximate surface area is 188 Å². The summed E-state index contributed by atoms with van der Waals surface area (Å²) in [6.45, 7) is 4.13. The number of likely N-dealkylation sites (N-methyl/N-ethyl adjacent to an activating group) is 1. The van der Waals surface area contributed by atoms with Gasteiger partial charge in [0.25, 0.3) is 5.91 Å². The summed E-state index contributed by atoms with van der Waals surface area (Å²) in [7, 11) is -0.989. The van der Waals surface area contributed by atoms with E-state index in [0.29, 0.717) is 31.7 Å². The van der Waals surface area contributed by atoms with E-state index in [1.165, 1.54) is 7.05 Å². The molecular formula is C23H26N4O4S. The average Bonchev–Trinajstić information content (AvgIpc) is 2.81. The summed E-state index contributed by atoms with van der Waals surface area (Å²) >= 11 is 0. The molecule has 2 aromatic rings. The van der Waals surface area contributed by atoms with E-state index in [-0.39, 0.29) is 17.3 Å². The predicted octanol–water partition coefficient (Wildman–Crippen LogP) is 2.22. The zero-order valence-corrected chi connectivity index (χ0v) is 19.2. The number of hydrogen-bond donors (Lipinski definition) is 0. The molecule has 0 atom stereocenters. The molecule has 1 amide bonds. The van der Waals surface area contributed by atoms with Crippen LogP contribution in [0.4, 0.5) is 5.69 Å². The third-order valence-corrected chi connectivity index (χ3v) is 7.05. The molecule has 0 aromatic heterocycles. The number of aryl methyl sites for hydroxylation is 1. The number of ether oxygens (including phenoxy) is 1. The highest BCUT2D eigenvalue weighted by Gasteiger charge is 2.33. The van der Waals surface area contributed by atoms with Crippen LogP contribution in [-0.4, -0.2) is 69.6 Å². The lowest BCUT2D eigenvalue weighted by Gasteiger charge is -2.37. The molecule has 9 heteroatoms. The molecule has 0 N–H and O–H groups in total. The van der Waals surface area contributed by atoms with Crippen LogP contribution in [0.25, 0.3) is 0 Å². The maximum Gasteiger partial charge on any atom is 0.345 e. The van der Waals surface area contributed by atoms with Crippen LogP contribution < -0.4 is 9.64 Å². The summed E-state index contributed by atoms with van der Waals surface area (Å²) in [5.41, 5.74) is 3.05. The molecule has 2 heterocycles. The van der Waals surface area contributed by atoms with Gasteiger partial charge in [0, 0.05) is 38.8 Å². The second-order valence-electron chi connectivity index (χ2n) is 7.77. The Morgan fingerprint density at radius 2 is 1.66 bits per heavy atom. The second kappa shape index (κ2) is 8.66. The molecule has 0 unspecified atom stereocenters. The van der Waals surface area contributed by atoms with E-state index >= 15 is 0 Å². The van der Waals surface area contributed by atoms with Gasteiger partial charge in [-0.05, 0) is 25.1 Å². The predicted molar refractivity (Wildman–Crippen MR) is 124 cm³/mol. The van der Waals surface area contributed by atoms with Crippen molar-refractivity contribution in [3.63, 3.8) is 0 Å². The standard InChI is InChI=1S/C23H26N4O4S/c1-17-8-10-18(11-9-17)19-16-21(25(2)32(29,30)24-19)23(28)27-14-12-26(13-15-27)20-6-4-5-7-22(20)31-3/h4-11,16H,12-15H2,1-3H3. The molecule has 8 nitrogen and oxygen atoms in total. The second-order valence-corrected chi connectivity index (χ2v) is 9.39. The van der Waals surface area contributed by atoms with Crippen molar-refractivity contribution in [3.05, 3.63) is 71.4 Å². The van der Waals surface area contributed by atoms with Crippen LogP contribution >= 0.6 is 0 Å². The van der Waals surface area contributed by atoms with Crippen molar-refractivity contribution in [2.75, 3.05) is 45.2 Å². The van der Waals surface area contributed by atoms with Gasteiger partial charge in [0.05, 0.1) is 18.5 Å². The van der Waals surface area contributed by atoms with Crippen molar-refractivity contribution < 1.29 is 17.9 Å². The fourth-order valence-corrected chi connectivity index (χ4v) is 4.73. The number of benzene rings is 2.